The number of amides is 1. The van der Waals surface area contributed by atoms with Gasteiger partial charge in [0.15, 0.2) is 0 Å². The average molecular weight is 538 g/mol. The van der Waals surface area contributed by atoms with E-state index in [1.165, 1.54) is 11.8 Å². The Balaban J connectivity index is 0. The van der Waals surface area contributed by atoms with Crippen LogP contribution < -0.4 is 0 Å². The van der Waals surface area contributed by atoms with Crippen LogP contribution in [0.25, 0.3) is 0 Å². The van der Waals surface area contributed by atoms with Crippen LogP contribution >= 0.6 is 52.6 Å². The summed E-state index contributed by atoms with van der Waals surface area (Å²) in [5.41, 5.74) is 0. The molecule has 0 bridgehead atoms. The Bertz CT molecular complexity index is 237. The van der Waals surface area contributed by atoms with Gasteiger partial charge in [-0.25, -0.2) is 0 Å². The van der Waals surface area contributed by atoms with Crippen molar-refractivity contribution < 1.29 is 24.1 Å². The molecule has 0 aliphatic rings. The number of hydrogen-bond donors (Lipinski definition) is 2. The predicted octanol–water partition coefficient (Wildman–Crippen LogP) is 2.79. The second-order valence-electron chi connectivity index (χ2n) is 3.35. The number of rotatable bonds is 7. The zero-order chi connectivity index (χ0) is 14.6. The molecule has 0 fully saturated rings. The monoisotopic (exact) mass is 538 g/mol. The fraction of sp³-hybridized carbons (Fsp3) is 0.700. The molecular weight excluding hydrogens is 519 g/mol. The van der Waals surface area contributed by atoms with E-state index in [2.05, 4.69) is 59.2 Å². The number of thiol groups is 1. The molecule has 8 heteroatoms. The van der Waals surface area contributed by atoms with E-state index in [4.69, 9.17) is 4.74 Å². The van der Waals surface area contributed by atoms with Crippen LogP contribution in [0.15, 0.2) is 12.7 Å². The third-order valence-electron chi connectivity index (χ3n) is 2.18. The summed E-state index contributed by atoms with van der Waals surface area (Å²) in [7, 11) is 0.628. The normalized spacial score (nSPS) is 12.8. The van der Waals surface area contributed by atoms with Gasteiger partial charge < -0.3 is 14.7 Å². The summed E-state index contributed by atoms with van der Waals surface area (Å²) in [5.74, 6) is 0.112. The van der Waals surface area contributed by atoms with Crippen LogP contribution in [-0.4, -0.2) is 40.7 Å². The summed E-state index contributed by atoms with van der Waals surface area (Å²) in [6.07, 6.45) is 1.46. The first-order valence-electron chi connectivity index (χ1n) is 5.13. The number of halogens is 2. The van der Waals surface area contributed by atoms with Gasteiger partial charge in [-0.2, -0.15) is 12.6 Å². The molecule has 18 heavy (non-hydrogen) atoms. The second-order valence-corrected chi connectivity index (χ2v) is 15.4. The van der Waals surface area contributed by atoms with E-state index in [1.54, 1.807) is 13.0 Å². The first kappa shape index (κ1) is 21.8. The fourth-order valence-electron chi connectivity index (χ4n) is 1.21. The Morgan fingerprint density at radius 1 is 1.67 bits per heavy atom. The zero-order valence-corrected chi connectivity index (χ0v) is 17.0. The maximum atomic E-state index is 11.3. The van der Waals surface area contributed by atoms with Gasteiger partial charge in [0.2, 0.25) is 5.91 Å². The number of carbonyl (C=O) groups is 1. The molecule has 0 saturated heterocycles. The van der Waals surface area contributed by atoms with Gasteiger partial charge in [-0.1, -0.05) is 6.08 Å². The average Bonchev–Trinajstić information content (AvgIpc) is 2.30. The number of carbonyl (C=O) groups excluding carboxylic acids is 1. The molecule has 4 nitrogen and oxygen atoms in total. The number of aliphatic hydroxyl groups is 1. The van der Waals surface area contributed by atoms with Crippen molar-refractivity contribution >= 4 is 58.5 Å². The van der Waals surface area contributed by atoms with Gasteiger partial charge in [0.25, 0.3) is 0 Å². The van der Waals surface area contributed by atoms with Gasteiger partial charge in [-0.3, -0.25) is 4.79 Å². The second kappa shape index (κ2) is 14.9. The van der Waals surface area contributed by atoms with Crippen molar-refractivity contribution in [3.8, 4) is 0 Å². The summed E-state index contributed by atoms with van der Waals surface area (Å²) < 4.78 is 5.04. The van der Waals surface area contributed by atoms with Crippen molar-refractivity contribution in [3.63, 3.8) is 0 Å². The number of nitrogens with zero attached hydrogens (tertiary/aromatic N) is 1. The van der Waals surface area contributed by atoms with Gasteiger partial charge in [-0.15, -0.1) is 6.58 Å². The molecule has 107 valence electrons. The zero-order valence-electron chi connectivity index (χ0n) is 10.4. The number of aliphatic hydroxyl groups excluding tert-OH is 1. The van der Waals surface area contributed by atoms with Gasteiger partial charge in [-0.05, 0) is 13.3 Å². The van der Waals surface area contributed by atoms with Crippen molar-refractivity contribution in [1.29, 1.82) is 0 Å². The quantitative estimate of drug-likeness (QED) is 0.227. The minimum atomic E-state index is -0.616. The Kier molecular flexibility index (Phi) is 18.1. The first-order valence-corrected chi connectivity index (χ1v) is 14.8. The molecule has 0 aromatic carbocycles. The van der Waals surface area contributed by atoms with Crippen LogP contribution in [0.3, 0.4) is 0 Å². The third kappa shape index (κ3) is 11.4. The van der Waals surface area contributed by atoms with Crippen LogP contribution in [0.1, 0.15) is 20.3 Å². The molecule has 0 spiro atoms. The summed E-state index contributed by atoms with van der Waals surface area (Å²) in [4.78, 5) is 12.7. The minimum absolute atomic E-state index is 0.132. The molecule has 0 rings (SSSR count). The maximum absolute atomic E-state index is 11.3. The van der Waals surface area contributed by atoms with Crippen molar-refractivity contribution in [1.82, 2.24) is 4.90 Å². The molecule has 1 N–H and O–H groups in total. The van der Waals surface area contributed by atoms with E-state index in [9.17, 15) is 9.90 Å². The topological polar surface area (TPSA) is 49.8 Å². The first-order chi connectivity index (χ1) is 8.45. The Morgan fingerprint density at radius 3 is 2.50 bits per heavy atom. The van der Waals surface area contributed by atoms with Crippen molar-refractivity contribution in [2.75, 3.05) is 12.7 Å². The van der Waals surface area contributed by atoms with Crippen molar-refractivity contribution in [2.45, 2.75) is 32.4 Å². The summed E-state index contributed by atoms with van der Waals surface area (Å²) in [6, 6.07) is -0.291. The molecule has 0 radical (unpaired) electrons. The van der Waals surface area contributed by atoms with Gasteiger partial charge >= 0.3 is 49.4 Å². The third-order valence-corrected chi connectivity index (χ3v) is 2.37. The van der Waals surface area contributed by atoms with E-state index in [0.717, 1.165) is 0 Å². The van der Waals surface area contributed by atoms with E-state index in [0.29, 0.717) is 15.9 Å². The van der Waals surface area contributed by atoms with E-state index < -0.39 is 6.10 Å². The molecule has 0 aliphatic carbocycles. The van der Waals surface area contributed by atoms with E-state index in [-0.39, 0.29) is 24.6 Å². The number of ether oxygens (including phenoxy) is 1. The Labute approximate surface area is 144 Å². The van der Waals surface area contributed by atoms with Crippen molar-refractivity contribution in [3.05, 3.63) is 12.7 Å². The van der Waals surface area contributed by atoms with Crippen LogP contribution in [0.2, 0.25) is 0 Å². The predicted molar refractivity (Wildman–Crippen MR) is 90.6 cm³/mol. The summed E-state index contributed by atoms with van der Waals surface area (Å²) in [5, 5.41) is 9.70. The standard InChI is InChI=1S/C10H19NO3S.2HI.V/c1-4-5-10(13)8(2)11(9(3)12)6-14-7-15;;;/h4,8,10,13,15H,1,5-7H2,2-3H3;2*1H;/q;;;+2/p-2. The Morgan fingerprint density at radius 2 is 2.17 bits per heavy atom. The summed E-state index contributed by atoms with van der Waals surface area (Å²) >= 11 is 8.62. The van der Waals surface area contributed by atoms with Crippen LogP contribution in [0, 0.1) is 0 Å². The number of hydrogen-bond acceptors (Lipinski definition) is 4. The van der Waals surface area contributed by atoms with Crippen LogP contribution in [0.5, 0.6) is 0 Å². The molecular formula is C10H19I2NO3SV. The summed E-state index contributed by atoms with van der Waals surface area (Å²) in [6.45, 7) is 6.91. The molecule has 0 heterocycles. The van der Waals surface area contributed by atoms with E-state index in [1.807, 2.05) is 0 Å². The van der Waals surface area contributed by atoms with Gasteiger partial charge in [0.05, 0.1) is 18.1 Å². The van der Waals surface area contributed by atoms with Gasteiger partial charge in [0, 0.05) is 6.92 Å². The molecule has 0 aromatic rings. The molecule has 0 aromatic heterocycles. The Hall–Kier alpha value is 1.52. The molecule has 2 unspecified atom stereocenters. The van der Waals surface area contributed by atoms with Crippen LogP contribution in [-0.2, 0) is 19.0 Å². The van der Waals surface area contributed by atoms with Crippen molar-refractivity contribution in [2.24, 2.45) is 0 Å². The van der Waals surface area contributed by atoms with Crippen LogP contribution in [0.4, 0.5) is 0 Å². The van der Waals surface area contributed by atoms with Gasteiger partial charge in [0.1, 0.15) is 6.73 Å². The van der Waals surface area contributed by atoms with E-state index >= 15 is 0 Å². The molecule has 2 atom stereocenters. The SMILES string of the molecule is C=CCC(O)C(C)N(COCS)C(C)=O.[I][V][I]. The fourth-order valence-corrected chi connectivity index (χ4v) is 1.29. The molecule has 0 saturated carbocycles. The molecule has 1 amide bonds. The molecule has 0 aliphatic heterocycles.